The first-order chi connectivity index (χ1) is 10.1. The first kappa shape index (κ1) is 17.4. The number of amides is 1. The normalized spacial score (nSPS) is 11.6. The van der Waals surface area contributed by atoms with Crippen molar-refractivity contribution < 1.29 is 4.79 Å². The molecule has 6 nitrogen and oxygen atoms in total. The SMILES string of the molecule is CCNC(=O)CN=C(NCC)NCc1nc(C(C)C)cs1. The Hall–Kier alpha value is -1.63. The van der Waals surface area contributed by atoms with Crippen LogP contribution in [0.1, 0.15) is 44.3 Å². The zero-order chi connectivity index (χ0) is 15.7. The number of hydrogen-bond acceptors (Lipinski definition) is 4. The number of guanidine groups is 1. The van der Waals surface area contributed by atoms with E-state index < -0.39 is 0 Å². The number of carbonyl (C=O) groups is 1. The molecular formula is C14H25N5OS. The van der Waals surface area contributed by atoms with Crippen LogP contribution in [0.25, 0.3) is 0 Å². The Balaban J connectivity index is 2.53. The van der Waals surface area contributed by atoms with Crippen molar-refractivity contribution in [2.24, 2.45) is 4.99 Å². The Morgan fingerprint density at radius 3 is 2.57 bits per heavy atom. The van der Waals surface area contributed by atoms with Gasteiger partial charge in [-0.1, -0.05) is 13.8 Å². The number of aromatic nitrogens is 1. The summed E-state index contributed by atoms with van der Waals surface area (Å²) in [5, 5.41) is 12.1. The molecule has 0 atom stereocenters. The van der Waals surface area contributed by atoms with Crippen molar-refractivity contribution in [3.63, 3.8) is 0 Å². The topological polar surface area (TPSA) is 78.4 Å². The van der Waals surface area contributed by atoms with E-state index >= 15 is 0 Å². The molecular weight excluding hydrogens is 286 g/mol. The molecule has 0 saturated heterocycles. The number of rotatable bonds is 7. The van der Waals surface area contributed by atoms with E-state index in [2.05, 4.69) is 45.2 Å². The molecule has 0 bridgehead atoms. The third kappa shape index (κ3) is 6.57. The third-order valence-corrected chi connectivity index (χ3v) is 3.53. The molecule has 21 heavy (non-hydrogen) atoms. The molecule has 0 spiro atoms. The van der Waals surface area contributed by atoms with Gasteiger partial charge in [0.1, 0.15) is 11.6 Å². The van der Waals surface area contributed by atoms with E-state index in [1.807, 2.05) is 13.8 Å². The molecule has 0 fully saturated rings. The van der Waals surface area contributed by atoms with Gasteiger partial charge in [0, 0.05) is 18.5 Å². The summed E-state index contributed by atoms with van der Waals surface area (Å²) in [6.07, 6.45) is 0. The van der Waals surface area contributed by atoms with Crippen molar-refractivity contribution >= 4 is 23.2 Å². The average Bonchev–Trinajstić information content (AvgIpc) is 2.91. The summed E-state index contributed by atoms with van der Waals surface area (Å²) >= 11 is 1.63. The van der Waals surface area contributed by atoms with Crippen LogP contribution in [0.4, 0.5) is 0 Å². The number of nitrogens with one attached hydrogen (secondary N) is 3. The summed E-state index contributed by atoms with van der Waals surface area (Å²) < 4.78 is 0. The highest BCUT2D eigenvalue weighted by Crippen LogP contribution is 2.17. The molecule has 0 aliphatic rings. The van der Waals surface area contributed by atoms with Gasteiger partial charge < -0.3 is 16.0 Å². The maximum Gasteiger partial charge on any atom is 0.241 e. The highest BCUT2D eigenvalue weighted by Gasteiger charge is 2.06. The molecule has 0 radical (unpaired) electrons. The molecule has 7 heteroatoms. The lowest BCUT2D eigenvalue weighted by molar-refractivity contribution is -0.119. The van der Waals surface area contributed by atoms with Crippen LogP contribution >= 0.6 is 11.3 Å². The van der Waals surface area contributed by atoms with Crippen molar-refractivity contribution in [2.45, 2.75) is 40.2 Å². The second kappa shape index (κ2) is 9.33. The Morgan fingerprint density at radius 2 is 2.00 bits per heavy atom. The Bertz CT molecular complexity index is 470. The number of hydrogen-bond donors (Lipinski definition) is 3. The number of carbonyl (C=O) groups excluding carboxylic acids is 1. The quantitative estimate of drug-likeness (QED) is 0.526. The lowest BCUT2D eigenvalue weighted by atomic mass is 10.2. The molecule has 3 N–H and O–H groups in total. The minimum atomic E-state index is -0.0777. The van der Waals surface area contributed by atoms with Gasteiger partial charge in [0.2, 0.25) is 5.91 Å². The second-order valence-corrected chi connectivity index (χ2v) is 5.77. The van der Waals surface area contributed by atoms with Crippen LogP contribution in [-0.4, -0.2) is 36.5 Å². The van der Waals surface area contributed by atoms with Crippen LogP contribution in [0.15, 0.2) is 10.4 Å². The van der Waals surface area contributed by atoms with Gasteiger partial charge in [0.15, 0.2) is 5.96 Å². The summed E-state index contributed by atoms with van der Waals surface area (Å²) in [5.74, 6) is 0.991. The second-order valence-electron chi connectivity index (χ2n) is 4.82. The molecule has 1 rings (SSSR count). The van der Waals surface area contributed by atoms with Crippen LogP contribution in [0.3, 0.4) is 0 Å². The van der Waals surface area contributed by atoms with Crippen molar-refractivity contribution in [3.8, 4) is 0 Å². The Morgan fingerprint density at radius 1 is 1.29 bits per heavy atom. The van der Waals surface area contributed by atoms with E-state index in [0.717, 1.165) is 17.2 Å². The van der Waals surface area contributed by atoms with Gasteiger partial charge in [-0.15, -0.1) is 11.3 Å². The fraction of sp³-hybridized carbons (Fsp3) is 0.643. The maximum absolute atomic E-state index is 11.4. The summed E-state index contributed by atoms with van der Waals surface area (Å²) in [6.45, 7) is 10.2. The van der Waals surface area contributed by atoms with E-state index in [9.17, 15) is 4.79 Å². The molecule has 0 saturated carbocycles. The van der Waals surface area contributed by atoms with E-state index in [4.69, 9.17) is 0 Å². The van der Waals surface area contributed by atoms with Gasteiger partial charge in [-0.2, -0.15) is 0 Å². The molecule has 1 aromatic heterocycles. The number of thiazole rings is 1. The zero-order valence-electron chi connectivity index (χ0n) is 13.2. The van der Waals surface area contributed by atoms with E-state index in [0.29, 0.717) is 25.0 Å². The van der Waals surface area contributed by atoms with Crippen LogP contribution in [-0.2, 0) is 11.3 Å². The largest absolute Gasteiger partial charge is 0.357 e. The monoisotopic (exact) mass is 311 g/mol. The molecule has 0 aliphatic carbocycles. The van der Waals surface area contributed by atoms with E-state index in [-0.39, 0.29) is 12.5 Å². The van der Waals surface area contributed by atoms with Crippen LogP contribution in [0.5, 0.6) is 0 Å². The first-order valence-corrected chi connectivity index (χ1v) is 8.17. The van der Waals surface area contributed by atoms with Crippen LogP contribution < -0.4 is 16.0 Å². The predicted octanol–water partition coefficient (Wildman–Crippen LogP) is 1.46. The van der Waals surface area contributed by atoms with E-state index in [1.54, 1.807) is 11.3 Å². The Labute approximate surface area is 130 Å². The molecule has 1 aromatic rings. The molecule has 0 aliphatic heterocycles. The van der Waals surface area contributed by atoms with Gasteiger partial charge in [-0.05, 0) is 19.8 Å². The smallest absolute Gasteiger partial charge is 0.241 e. The summed E-state index contributed by atoms with van der Waals surface area (Å²) in [4.78, 5) is 20.2. The standard InChI is InChI=1S/C14H25N5OS/c1-5-15-12(20)7-17-14(16-6-2)18-8-13-19-11(9-21-13)10(3)4/h9-10H,5-8H2,1-4H3,(H,15,20)(H2,16,17,18). The first-order valence-electron chi connectivity index (χ1n) is 7.30. The molecule has 0 aromatic carbocycles. The molecule has 1 heterocycles. The van der Waals surface area contributed by atoms with Crippen molar-refractivity contribution in [1.29, 1.82) is 0 Å². The minimum Gasteiger partial charge on any atom is -0.357 e. The zero-order valence-corrected chi connectivity index (χ0v) is 14.0. The number of aliphatic imine (C=N–C) groups is 1. The highest BCUT2D eigenvalue weighted by molar-refractivity contribution is 7.09. The molecule has 118 valence electrons. The van der Waals surface area contributed by atoms with Gasteiger partial charge in [0.25, 0.3) is 0 Å². The average molecular weight is 311 g/mol. The van der Waals surface area contributed by atoms with Crippen LogP contribution in [0, 0.1) is 0 Å². The fourth-order valence-electron chi connectivity index (χ4n) is 1.58. The van der Waals surface area contributed by atoms with Crippen molar-refractivity contribution in [2.75, 3.05) is 19.6 Å². The summed E-state index contributed by atoms with van der Waals surface area (Å²) in [5.41, 5.74) is 1.11. The minimum absolute atomic E-state index is 0.0777. The molecule has 1 amide bonds. The van der Waals surface area contributed by atoms with Gasteiger partial charge in [-0.3, -0.25) is 4.79 Å². The van der Waals surface area contributed by atoms with Gasteiger partial charge >= 0.3 is 0 Å². The highest BCUT2D eigenvalue weighted by atomic mass is 32.1. The lowest BCUT2D eigenvalue weighted by Crippen LogP contribution is -2.38. The van der Waals surface area contributed by atoms with Crippen LogP contribution in [0.2, 0.25) is 0 Å². The number of nitrogens with zero attached hydrogens (tertiary/aromatic N) is 2. The van der Waals surface area contributed by atoms with Gasteiger partial charge in [0.05, 0.1) is 12.2 Å². The summed E-state index contributed by atoms with van der Waals surface area (Å²) in [6, 6.07) is 0. The van der Waals surface area contributed by atoms with Gasteiger partial charge in [-0.25, -0.2) is 9.98 Å². The fourth-order valence-corrected chi connectivity index (χ4v) is 2.47. The lowest BCUT2D eigenvalue weighted by Gasteiger charge is -2.10. The number of likely N-dealkylation sites (N-methyl/N-ethyl adjacent to an activating group) is 1. The third-order valence-electron chi connectivity index (χ3n) is 2.67. The maximum atomic E-state index is 11.4. The molecule has 0 unspecified atom stereocenters. The predicted molar refractivity (Wildman–Crippen MR) is 87.7 cm³/mol. The summed E-state index contributed by atoms with van der Waals surface area (Å²) in [7, 11) is 0. The van der Waals surface area contributed by atoms with Crippen molar-refractivity contribution in [3.05, 3.63) is 16.1 Å². The van der Waals surface area contributed by atoms with Crippen molar-refractivity contribution in [1.82, 2.24) is 20.9 Å². The Kier molecular flexibility index (Phi) is 7.74. The van der Waals surface area contributed by atoms with E-state index in [1.165, 1.54) is 0 Å².